The lowest BCUT2D eigenvalue weighted by Gasteiger charge is -2.29. The van der Waals surface area contributed by atoms with Gasteiger partial charge in [0.25, 0.3) is 0 Å². The summed E-state index contributed by atoms with van der Waals surface area (Å²) in [6.07, 6.45) is 8.82. The highest BCUT2D eigenvalue weighted by Gasteiger charge is 2.56. The lowest BCUT2D eigenvalue weighted by atomic mass is 9.93. The molecule has 2 aromatic rings. The van der Waals surface area contributed by atoms with Gasteiger partial charge in [-0.3, -0.25) is 4.90 Å². The molecule has 0 aromatic carbocycles. The molecule has 2 aromatic heterocycles. The van der Waals surface area contributed by atoms with Crippen LogP contribution in [0.3, 0.4) is 0 Å². The van der Waals surface area contributed by atoms with Crippen LogP contribution >= 0.6 is 0 Å². The fourth-order valence-corrected chi connectivity index (χ4v) is 4.66. The Kier molecular flexibility index (Phi) is 4.88. The quantitative estimate of drug-likeness (QED) is 0.826. The first-order valence-corrected chi connectivity index (χ1v) is 10.1. The lowest BCUT2D eigenvalue weighted by molar-refractivity contribution is 0.181. The fraction of sp³-hybridized carbons (Fsp3) is 0.700. The van der Waals surface area contributed by atoms with Gasteiger partial charge in [-0.25, -0.2) is 4.98 Å². The maximum Gasteiger partial charge on any atom is 0.138 e. The van der Waals surface area contributed by atoms with E-state index in [9.17, 15) is 0 Å². The molecule has 26 heavy (non-hydrogen) atoms. The molecule has 0 unspecified atom stereocenters. The maximum atomic E-state index is 5.50. The van der Waals surface area contributed by atoms with Crippen molar-refractivity contribution in [3.8, 4) is 0 Å². The molecular formula is C20H31N5O. The van der Waals surface area contributed by atoms with Gasteiger partial charge in [0.05, 0.1) is 12.2 Å². The predicted octanol–water partition coefficient (Wildman–Crippen LogP) is 2.91. The molecule has 1 atom stereocenters. The average molecular weight is 358 g/mol. The van der Waals surface area contributed by atoms with Crippen molar-refractivity contribution in [3.05, 3.63) is 35.2 Å². The molecule has 0 bridgehead atoms. The summed E-state index contributed by atoms with van der Waals surface area (Å²) in [5, 5.41) is 7.79. The summed E-state index contributed by atoms with van der Waals surface area (Å²) in [5.74, 6) is 2.13. The molecule has 6 nitrogen and oxygen atoms in total. The number of hydrogen-bond donors (Lipinski definition) is 1. The van der Waals surface area contributed by atoms with Crippen LogP contribution in [0, 0.1) is 12.3 Å². The third-order valence-electron chi connectivity index (χ3n) is 6.44. The third kappa shape index (κ3) is 3.21. The van der Waals surface area contributed by atoms with Gasteiger partial charge in [0.2, 0.25) is 0 Å². The molecule has 2 aliphatic rings. The summed E-state index contributed by atoms with van der Waals surface area (Å²) >= 11 is 0. The van der Waals surface area contributed by atoms with E-state index in [0.29, 0.717) is 11.5 Å². The van der Waals surface area contributed by atoms with E-state index in [-0.39, 0.29) is 0 Å². The van der Waals surface area contributed by atoms with Crippen molar-refractivity contribution in [1.82, 2.24) is 24.9 Å². The summed E-state index contributed by atoms with van der Waals surface area (Å²) < 4.78 is 7.75. The summed E-state index contributed by atoms with van der Waals surface area (Å²) in [5.41, 5.74) is 2.89. The van der Waals surface area contributed by atoms with Gasteiger partial charge >= 0.3 is 0 Å². The standard InChI is InChI=1S/C20H31N5O/c1-4-17-16(15(3)26-23-17)13-25(14-19-22-10-11-24(19)5-2)18-12-20(18)6-8-21-9-7-20/h10-11,18,21H,4-9,12-14H2,1-3H3/t18-/m0/s1. The Morgan fingerprint density at radius 1 is 1.31 bits per heavy atom. The lowest BCUT2D eigenvalue weighted by Crippen LogP contribution is -2.36. The topological polar surface area (TPSA) is 59.1 Å². The zero-order valence-corrected chi connectivity index (χ0v) is 16.3. The smallest absolute Gasteiger partial charge is 0.138 e. The molecule has 1 spiro atoms. The van der Waals surface area contributed by atoms with Crippen molar-refractivity contribution in [2.24, 2.45) is 5.41 Å². The zero-order chi connectivity index (χ0) is 18.1. The zero-order valence-electron chi connectivity index (χ0n) is 16.3. The number of aryl methyl sites for hydroxylation is 3. The SMILES string of the molecule is CCc1noc(C)c1CN(Cc1nccn1CC)[C@H]1CC12CCNCC2. The van der Waals surface area contributed by atoms with Crippen molar-refractivity contribution in [1.29, 1.82) is 0 Å². The van der Waals surface area contributed by atoms with Crippen molar-refractivity contribution >= 4 is 0 Å². The first-order valence-electron chi connectivity index (χ1n) is 10.1. The van der Waals surface area contributed by atoms with Crippen molar-refractivity contribution < 1.29 is 4.52 Å². The van der Waals surface area contributed by atoms with Gasteiger partial charge in [-0.05, 0) is 58.0 Å². The Labute approximate surface area is 155 Å². The van der Waals surface area contributed by atoms with Crippen LogP contribution in [-0.4, -0.2) is 38.7 Å². The summed E-state index contributed by atoms with van der Waals surface area (Å²) in [6, 6.07) is 0.644. The number of nitrogens with one attached hydrogen (secondary N) is 1. The minimum atomic E-state index is 0.506. The van der Waals surface area contributed by atoms with E-state index in [1.807, 2.05) is 13.1 Å². The second-order valence-electron chi connectivity index (χ2n) is 7.88. The molecule has 1 aliphatic heterocycles. The van der Waals surface area contributed by atoms with Crippen LogP contribution in [0.5, 0.6) is 0 Å². The molecule has 142 valence electrons. The van der Waals surface area contributed by atoms with Crippen LogP contribution in [-0.2, 0) is 26.1 Å². The number of aromatic nitrogens is 3. The molecule has 2 fully saturated rings. The Balaban J connectivity index is 1.58. The Hall–Kier alpha value is -1.66. The summed E-state index contributed by atoms with van der Waals surface area (Å²) in [7, 11) is 0. The monoisotopic (exact) mass is 357 g/mol. The molecule has 0 amide bonds. The first-order chi connectivity index (χ1) is 12.7. The van der Waals surface area contributed by atoms with Crippen molar-refractivity contribution in [3.63, 3.8) is 0 Å². The molecule has 1 N–H and O–H groups in total. The number of piperidine rings is 1. The Morgan fingerprint density at radius 3 is 2.85 bits per heavy atom. The molecule has 3 heterocycles. The van der Waals surface area contributed by atoms with Gasteiger partial charge < -0.3 is 14.4 Å². The van der Waals surface area contributed by atoms with Crippen molar-refractivity contribution in [2.75, 3.05) is 13.1 Å². The van der Waals surface area contributed by atoms with Crippen LogP contribution in [0.4, 0.5) is 0 Å². The molecule has 1 aliphatic carbocycles. The highest BCUT2D eigenvalue weighted by atomic mass is 16.5. The van der Waals surface area contributed by atoms with Crippen LogP contribution in [0.25, 0.3) is 0 Å². The molecule has 4 rings (SSSR count). The number of nitrogens with zero attached hydrogens (tertiary/aromatic N) is 4. The molecular weight excluding hydrogens is 326 g/mol. The van der Waals surface area contributed by atoms with E-state index in [0.717, 1.165) is 56.4 Å². The van der Waals surface area contributed by atoms with E-state index in [2.05, 4.69) is 45.0 Å². The second kappa shape index (κ2) is 7.16. The summed E-state index contributed by atoms with van der Waals surface area (Å²) in [6.45, 7) is 11.5. The van der Waals surface area contributed by atoms with Gasteiger partial charge in [-0.1, -0.05) is 12.1 Å². The Morgan fingerprint density at radius 2 is 2.12 bits per heavy atom. The van der Waals surface area contributed by atoms with Crippen LogP contribution in [0.2, 0.25) is 0 Å². The maximum absolute atomic E-state index is 5.50. The fourth-order valence-electron chi connectivity index (χ4n) is 4.66. The third-order valence-corrected chi connectivity index (χ3v) is 6.44. The minimum absolute atomic E-state index is 0.506. The average Bonchev–Trinajstić information content (AvgIpc) is 3.00. The van der Waals surface area contributed by atoms with E-state index < -0.39 is 0 Å². The van der Waals surface area contributed by atoms with E-state index in [1.54, 1.807) is 0 Å². The highest BCUT2D eigenvalue weighted by molar-refractivity contribution is 5.23. The predicted molar refractivity (Wildman–Crippen MR) is 101 cm³/mol. The van der Waals surface area contributed by atoms with Crippen LogP contribution in [0.15, 0.2) is 16.9 Å². The first kappa shape index (κ1) is 17.7. The largest absolute Gasteiger partial charge is 0.361 e. The van der Waals surface area contributed by atoms with Gasteiger partial charge in [0.1, 0.15) is 11.6 Å². The molecule has 6 heteroatoms. The Bertz CT molecular complexity index is 743. The highest BCUT2D eigenvalue weighted by Crippen LogP contribution is 2.56. The van der Waals surface area contributed by atoms with E-state index in [1.165, 1.54) is 24.8 Å². The number of hydrogen-bond acceptors (Lipinski definition) is 5. The van der Waals surface area contributed by atoms with Gasteiger partial charge in [-0.2, -0.15) is 0 Å². The number of imidazole rings is 1. The number of rotatable bonds is 7. The van der Waals surface area contributed by atoms with Gasteiger partial charge in [0.15, 0.2) is 0 Å². The van der Waals surface area contributed by atoms with Gasteiger partial charge in [-0.15, -0.1) is 0 Å². The molecule has 1 saturated carbocycles. The van der Waals surface area contributed by atoms with Crippen LogP contribution in [0.1, 0.15) is 56.0 Å². The van der Waals surface area contributed by atoms with Crippen LogP contribution < -0.4 is 5.32 Å². The summed E-state index contributed by atoms with van der Waals surface area (Å²) in [4.78, 5) is 7.27. The normalized spacial score (nSPS) is 21.6. The minimum Gasteiger partial charge on any atom is -0.361 e. The van der Waals surface area contributed by atoms with E-state index in [4.69, 9.17) is 4.52 Å². The molecule has 0 radical (unpaired) electrons. The van der Waals surface area contributed by atoms with Crippen molar-refractivity contribution in [2.45, 2.75) is 72.1 Å². The van der Waals surface area contributed by atoms with Gasteiger partial charge in [0, 0.05) is 37.1 Å². The second-order valence-corrected chi connectivity index (χ2v) is 7.88. The van der Waals surface area contributed by atoms with E-state index >= 15 is 0 Å². The molecule has 1 saturated heterocycles.